The number of alkyl carbamates (subject to hydrolysis) is 1. The first-order valence-corrected chi connectivity index (χ1v) is 9.03. The normalized spacial score (nSPS) is 16.6. The molecule has 2 N–H and O–H groups in total. The predicted octanol–water partition coefficient (Wildman–Crippen LogP) is 2.97. The van der Waals surface area contributed by atoms with Crippen LogP contribution in [-0.4, -0.2) is 42.0 Å². The molecule has 2 amide bonds. The van der Waals surface area contributed by atoms with Crippen molar-refractivity contribution in [2.45, 2.75) is 37.3 Å². The fraction of sp³-hybridized carbons (Fsp3) is 0.389. The maximum atomic E-state index is 12.4. The number of hydrogen-bond acceptors (Lipinski definition) is 6. The minimum Gasteiger partial charge on any atom is -0.458 e. The first-order chi connectivity index (χ1) is 12.2. The van der Waals surface area contributed by atoms with Crippen LogP contribution in [0.15, 0.2) is 35.7 Å². The van der Waals surface area contributed by atoms with E-state index in [0.29, 0.717) is 17.0 Å². The van der Waals surface area contributed by atoms with Crippen LogP contribution in [-0.2, 0) is 14.3 Å². The number of fused-ring (bicyclic) bond motifs is 1. The Bertz CT molecular complexity index is 727. The summed E-state index contributed by atoms with van der Waals surface area (Å²) < 4.78 is 10.2. The molecule has 0 aromatic heterocycles. The molecule has 1 atom stereocenters. The van der Waals surface area contributed by atoms with Gasteiger partial charge < -0.3 is 20.1 Å². The van der Waals surface area contributed by atoms with Crippen LogP contribution in [0, 0.1) is 0 Å². The zero-order valence-electron chi connectivity index (χ0n) is 15.0. The van der Waals surface area contributed by atoms with Crippen molar-refractivity contribution in [3.05, 3.63) is 36.4 Å². The van der Waals surface area contributed by atoms with Gasteiger partial charge in [-0.3, -0.25) is 4.79 Å². The third-order valence-electron chi connectivity index (χ3n) is 3.22. The standard InChI is InChI=1S/C18H22N2O5S/c1-5-8-24-16(22)11-6-7-14-12(9-11)19-15(21)13(10-26-14)20-17(23)25-18(2,3)4/h5-7,9,13H,1,8,10H2,2-4H3,(H,19,21)(H,20,23)/t13-/m0/s1. The summed E-state index contributed by atoms with van der Waals surface area (Å²) in [6.45, 7) is 8.84. The van der Waals surface area contributed by atoms with E-state index in [1.165, 1.54) is 17.8 Å². The van der Waals surface area contributed by atoms with Crippen molar-refractivity contribution in [3.63, 3.8) is 0 Å². The molecule has 140 valence electrons. The molecule has 7 nitrogen and oxygen atoms in total. The minimum atomic E-state index is -0.751. The smallest absolute Gasteiger partial charge is 0.408 e. The van der Waals surface area contributed by atoms with E-state index in [1.807, 2.05) is 0 Å². The SMILES string of the molecule is C=CCOC(=O)c1ccc2c(c1)NC(=O)[C@@H](NC(=O)OC(C)(C)C)CS2. The maximum absolute atomic E-state index is 12.4. The van der Waals surface area contributed by atoms with Crippen molar-refractivity contribution in [2.24, 2.45) is 0 Å². The molecular formula is C18H22N2O5S. The number of nitrogens with one attached hydrogen (secondary N) is 2. The highest BCUT2D eigenvalue weighted by Crippen LogP contribution is 2.32. The zero-order valence-corrected chi connectivity index (χ0v) is 15.8. The molecule has 0 fully saturated rings. The first kappa shape index (κ1) is 19.8. The second kappa shape index (κ2) is 8.27. The Morgan fingerprint density at radius 1 is 1.42 bits per heavy atom. The summed E-state index contributed by atoms with van der Waals surface area (Å²) in [6, 6.07) is 4.17. The summed E-state index contributed by atoms with van der Waals surface area (Å²) in [7, 11) is 0. The average Bonchev–Trinajstić information content (AvgIpc) is 2.69. The van der Waals surface area contributed by atoms with E-state index in [4.69, 9.17) is 9.47 Å². The van der Waals surface area contributed by atoms with E-state index >= 15 is 0 Å². The van der Waals surface area contributed by atoms with Crippen LogP contribution in [0.3, 0.4) is 0 Å². The molecule has 0 aliphatic carbocycles. The van der Waals surface area contributed by atoms with Crippen LogP contribution in [0.5, 0.6) is 0 Å². The maximum Gasteiger partial charge on any atom is 0.408 e. The van der Waals surface area contributed by atoms with Gasteiger partial charge in [0.2, 0.25) is 5.91 Å². The summed E-state index contributed by atoms with van der Waals surface area (Å²) in [5.74, 6) is -0.531. The van der Waals surface area contributed by atoms with E-state index in [2.05, 4.69) is 17.2 Å². The Morgan fingerprint density at radius 3 is 2.81 bits per heavy atom. The summed E-state index contributed by atoms with van der Waals surface area (Å²) in [4.78, 5) is 37.1. The van der Waals surface area contributed by atoms with Crippen LogP contribution in [0.1, 0.15) is 31.1 Å². The molecular weight excluding hydrogens is 356 g/mol. The molecule has 1 aromatic rings. The van der Waals surface area contributed by atoms with Gasteiger partial charge in [-0.25, -0.2) is 9.59 Å². The molecule has 1 aliphatic rings. The second-order valence-corrected chi connectivity index (χ2v) is 7.66. The summed E-state index contributed by atoms with van der Waals surface area (Å²) in [5.41, 5.74) is 0.175. The van der Waals surface area contributed by atoms with Gasteiger partial charge in [-0.1, -0.05) is 12.7 Å². The Labute approximate surface area is 156 Å². The third-order valence-corrected chi connectivity index (χ3v) is 4.39. The van der Waals surface area contributed by atoms with Gasteiger partial charge in [0, 0.05) is 10.6 Å². The molecule has 1 aliphatic heterocycles. The molecule has 0 bridgehead atoms. The lowest BCUT2D eigenvalue weighted by molar-refractivity contribution is -0.117. The van der Waals surface area contributed by atoms with E-state index in [0.717, 1.165) is 4.90 Å². The molecule has 0 saturated heterocycles. The Hall–Kier alpha value is -2.48. The first-order valence-electron chi connectivity index (χ1n) is 8.05. The molecule has 0 unspecified atom stereocenters. The molecule has 8 heteroatoms. The molecule has 1 aromatic carbocycles. The highest BCUT2D eigenvalue weighted by atomic mass is 32.2. The molecule has 1 heterocycles. The van der Waals surface area contributed by atoms with Crippen LogP contribution < -0.4 is 10.6 Å². The Morgan fingerprint density at radius 2 is 2.15 bits per heavy atom. The van der Waals surface area contributed by atoms with Crippen molar-refractivity contribution < 1.29 is 23.9 Å². The number of esters is 1. The van der Waals surface area contributed by atoms with Gasteiger partial charge in [0.1, 0.15) is 18.2 Å². The number of benzene rings is 1. The monoisotopic (exact) mass is 378 g/mol. The minimum absolute atomic E-state index is 0.110. The van der Waals surface area contributed by atoms with Gasteiger partial charge in [0.05, 0.1) is 11.3 Å². The quantitative estimate of drug-likeness (QED) is 0.618. The summed E-state index contributed by atoms with van der Waals surface area (Å²) >= 11 is 1.40. The van der Waals surface area contributed by atoms with Crippen molar-refractivity contribution in [1.82, 2.24) is 5.32 Å². The average molecular weight is 378 g/mol. The fourth-order valence-electron chi connectivity index (χ4n) is 2.12. The Balaban J connectivity index is 2.08. The lowest BCUT2D eigenvalue weighted by atomic mass is 10.2. The molecule has 0 spiro atoms. The van der Waals surface area contributed by atoms with Crippen molar-refractivity contribution in [2.75, 3.05) is 17.7 Å². The largest absolute Gasteiger partial charge is 0.458 e. The van der Waals surface area contributed by atoms with Gasteiger partial charge in [0.25, 0.3) is 0 Å². The number of carbonyl (C=O) groups is 3. The molecule has 0 saturated carbocycles. The number of thioether (sulfide) groups is 1. The highest BCUT2D eigenvalue weighted by molar-refractivity contribution is 7.99. The van der Waals surface area contributed by atoms with Crippen LogP contribution in [0.25, 0.3) is 0 Å². The van der Waals surface area contributed by atoms with Gasteiger partial charge in [0.15, 0.2) is 0 Å². The third kappa shape index (κ3) is 5.52. The molecule has 0 radical (unpaired) electrons. The second-order valence-electron chi connectivity index (χ2n) is 6.60. The van der Waals surface area contributed by atoms with Gasteiger partial charge in [-0.05, 0) is 39.0 Å². The van der Waals surface area contributed by atoms with Crippen LogP contribution >= 0.6 is 11.8 Å². The fourth-order valence-corrected chi connectivity index (χ4v) is 3.13. The number of anilines is 1. The van der Waals surface area contributed by atoms with E-state index in [9.17, 15) is 14.4 Å². The van der Waals surface area contributed by atoms with Crippen molar-refractivity contribution in [3.8, 4) is 0 Å². The summed E-state index contributed by atoms with van der Waals surface area (Å²) in [6.07, 6.45) is 0.823. The number of rotatable bonds is 4. The summed E-state index contributed by atoms with van der Waals surface area (Å²) in [5, 5.41) is 5.30. The van der Waals surface area contributed by atoms with Crippen molar-refractivity contribution in [1.29, 1.82) is 0 Å². The van der Waals surface area contributed by atoms with Crippen molar-refractivity contribution >= 4 is 35.4 Å². The molecule has 26 heavy (non-hydrogen) atoms. The van der Waals surface area contributed by atoms with E-state index < -0.39 is 23.7 Å². The van der Waals surface area contributed by atoms with Crippen LogP contribution in [0.2, 0.25) is 0 Å². The highest BCUT2D eigenvalue weighted by Gasteiger charge is 2.28. The number of hydrogen-bond donors (Lipinski definition) is 2. The number of carbonyl (C=O) groups excluding carboxylic acids is 3. The lowest BCUT2D eigenvalue weighted by Gasteiger charge is -2.22. The van der Waals surface area contributed by atoms with Gasteiger partial charge in [-0.2, -0.15) is 0 Å². The van der Waals surface area contributed by atoms with E-state index in [1.54, 1.807) is 39.0 Å². The van der Waals surface area contributed by atoms with Gasteiger partial charge >= 0.3 is 12.1 Å². The lowest BCUT2D eigenvalue weighted by Crippen LogP contribution is -2.46. The van der Waals surface area contributed by atoms with Crippen LogP contribution in [0.4, 0.5) is 10.5 Å². The predicted molar refractivity (Wildman–Crippen MR) is 99.4 cm³/mol. The zero-order chi connectivity index (χ0) is 19.3. The number of amides is 2. The number of ether oxygens (including phenoxy) is 2. The topological polar surface area (TPSA) is 93.7 Å². The van der Waals surface area contributed by atoms with Gasteiger partial charge in [-0.15, -0.1) is 11.8 Å². The van der Waals surface area contributed by atoms with E-state index in [-0.39, 0.29) is 12.5 Å². The Kier molecular flexibility index (Phi) is 6.31. The molecule has 2 rings (SSSR count).